The highest BCUT2D eigenvalue weighted by Gasteiger charge is 2.45. The topological polar surface area (TPSA) is 103 Å². The van der Waals surface area contributed by atoms with Crippen LogP contribution in [-0.2, 0) is 0 Å². The molecule has 0 radical (unpaired) electrons. The first-order valence-corrected chi connectivity index (χ1v) is 15.0. The van der Waals surface area contributed by atoms with Gasteiger partial charge in [-0.1, -0.05) is 0 Å². The number of aliphatic hydroxyl groups excluding tert-OH is 1. The minimum Gasteiger partial charge on any atom is -0.461 e. The molecular weight excluding hydrogens is 521 g/mol. The van der Waals surface area contributed by atoms with E-state index in [9.17, 15) is 5.11 Å². The lowest BCUT2D eigenvalue weighted by Crippen LogP contribution is -2.43. The second kappa shape index (κ2) is 9.32. The largest absolute Gasteiger partial charge is 0.461 e. The van der Waals surface area contributed by atoms with Gasteiger partial charge in [-0.25, -0.2) is 4.39 Å². The number of anilines is 1. The highest BCUT2D eigenvalue weighted by molar-refractivity contribution is 5.99. The lowest BCUT2D eigenvalue weighted by atomic mass is 9.95. The summed E-state index contributed by atoms with van der Waals surface area (Å²) in [4.78, 5) is 19.0. The fraction of sp³-hybridized carbons (Fsp3) is 0.548. The van der Waals surface area contributed by atoms with Crippen LogP contribution in [0, 0.1) is 31.5 Å². The number of halogens is 1. The average Bonchev–Trinajstić information content (AvgIpc) is 3.73. The van der Waals surface area contributed by atoms with Gasteiger partial charge >= 0.3 is 6.01 Å². The molecule has 3 atom stereocenters. The van der Waals surface area contributed by atoms with E-state index >= 15 is 4.39 Å². The SMILES string of the molecule is Cc1cc2[nH]ncc2c(-c2ncc3c(N4CC5CC(O)C(C5)C4)nc(OCC45CCCN4CCC5)nc3c2F)c1C. The monoisotopic (exact) mass is 557 g/mol. The molecule has 3 aromatic heterocycles. The number of nitrogens with zero attached hydrogens (tertiary/aromatic N) is 6. The highest BCUT2D eigenvalue weighted by Crippen LogP contribution is 2.43. The van der Waals surface area contributed by atoms with Gasteiger partial charge in [-0.05, 0) is 88.6 Å². The normalized spacial score (nSPS) is 25.5. The number of aromatic nitrogens is 5. The molecule has 41 heavy (non-hydrogen) atoms. The van der Waals surface area contributed by atoms with E-state index < -0.39 is 5.82 Å². The van der Waals surface area contributed by atoms with Crippen molar-refractivity contribution in [1.82, 2.24) is 30.0 Å². The highest BCUT2D eigenvalue weighted by atomic mass is 19.1. The van der Waals surface area contributed by atoms with Gasteiger partial charge in [0.15, 0.2) is 5.82 Å². The van der Waals surface area contributed by atoms with Gasteiger partial charge in [0, 0.05) is 36.2 Å². The van der Waals surface area contributed by atoms with Crippen LogP contribution < -0.4 is 9.64 Å². The number of ether oxygens (including phenoxy) is 1. The Hall–Kier alpha value is -3.37. The number of rotatable bonds is 5. The zero-order valence-electron chi connectivity index (χ0n) is 23.7. The molecule has 214 valence electrons. The van der Waals surface area contributed by atoms with Crippen molar-refractivity contribution in [2.45, 2.75) is 64.0 Å². The molecular formula is C31H36FN7O2. The van der Waals surface area contributed by atoms with E-state index in [4.69, 9.17) is 19.7 Å². The van der Waals surface area contributed by atoms with Crippen LogP contribution in [0.3, 0.4) is 0 Å². The fourth-order valence-corrected chi connectivity index (χ4v) is 8.20. The smallest absolute Gasteiger partial charge is 0.319 e. The van der Waals surface area contributed by atoms with Crippen LogP contribution in [0.5, 0.6) is 6.01 Å². The second-order valence-corrected chi connectivity index (χ2v) is 12.8. The molecule has 10 heteroatoms. The molecule has 2 N–H and O–H groups in total. The van der Waals surface area contributed by atoms with Gasteiger partial charge in [-0.2, -0.15) is 15.1 Å². The minimum atomic E-state index is -0.478. The summed E-state index contributed by atoms with van der Waals surface area (Å²) in [6.45, 7) is 8.17. The van der Waals surface area contributed by atoms with Crippen LogP contribution >= 0.6 is 0 Å². The number of hydrogen-bond acceptors (Lipinski definition) is 8. The van der Waals surface area contributed by atoms with Crippen LogP contribution in [0.15, 0.2) is 18.5 Å². The summed E-state index contributed by atoms with van der Waals surface area (Å²) < 4.78 is 23.1. The zero-order valence-corrected chi connectivity index (χ0v) is 23.7. The molecule has 3 unspecified atom stereocenters. The van der Waals surface area contributed by atoms with Gasteiger partial charge in [0.25, 0.3) is 0 Å². The van der Waals surface area contributed by atoms with Crippen LogP contribution in [0.1, 0.15) is 49.7 Å². The maximum atomic E-state index is 16.7. The van der Waals surface area contributed by atoms with Gasteiger partial charge in [-0.3, -0.25) is 15.0 Å². The van der Waals surface area contributed by atoms with E-state index in [-0.39, 0.29) is 34.8 Å². The summed E-state index contributed by atoms with van der Waals surface area (Å²) in [6.07, 6.45) is 9.53. The van der Waals surface area contributed by atoms with Crippen molar-refractivity contribution in [2.75, 3.05) is 37.7 Å². The first-order valence-electron chi connectivity index (χ1n) is 15.0. The number of fused-ring (bicyclic) bond motifs is 5. The first kappa shape index (κ1) is 25.3. The molecule has 4 fully saturated rings. The first-order chi connectivity index (χ1) is 19.9. The van der Waals surface area contributed by atoms with Gasteiger partial charge in [0.1, 0.15) is 23.6 Å². The number of benzene rings is 1. The van der Waals surface area contributed by atoms with Crippen LogP contribution in [0.4, 0.5) is 10.2 Å². The third-order valence-electron chi connectivity index (χ3n) is 10.4. The van der Waals surface area contributed by atoms with Gasteiger partial charge in [0.2, 0.25) is 0 Å². The number of H-pyrrole nitrogens is 1. The van der Waals surface area contributed by atoms with E-state index in [2.05, 4.69) is 20.0 Å². The molecule has 8 rings (SSSR count). The molecule has 3 saturated heterocycles. The predicted octanol–water partition coefficient (Wildman–Crippen LogP) is 4.54. The van der Waals surface area contributed by atoms with Crippen molar-refractivity contribution < 1.29 is 14.2 Å². The van der Waals surface area contributed by atoms with E-state index in [1.54, 1.807) is 12.4 Å². The molecule has 1 aliphatic carbocycles. The Morgan fingerprint density at radius 1 is 1.10 bits per heavy atom. The van der Waals surface area contributed by atoms with E-state index in [1.807, 2.05) is 19.9 Å². The molecule has 3 aliphatic heterocycles. The molecule has 1 aromatic carbocycles. The summed E-state index contributed by atoms with van der Waals surface area (Å²) in [6, 6.07) is 2.24. The number of aryl methyl sites for hydroxylation is 1. The van der Waals surface area contributed by atoms with Crippen molar-refractivity contribution >= 4 is 27.6 Å². The van der Waals surface area contributed by atoms with Crippen molar-refractivity contribution in [3.8, 4) is 17.3 Å². The van der Waals surface area contributed by atoms with E-state index in [0.717, 1.165) is 72.9 Å². The Morgan fingerprint density at radius 2 is 1.93 bits per heavy atom. The summed E-state index contributed by atoms with van der Waals surface area (Å²) >= 11 is 0. The second-order valence-electron chi connectivity index (χ2n) is 12.8. The number of pyridine rings is 1. The average molecular weight is 558 g/mol. The number of aromatic amines is 1. The van der Waals surface area contributed by atoms with Crippen molar-refractivity contribution in [2.24, 2.45) is 11.8 Å². The van der Waals surface area contributed by atoms with Crippen LogP contribution in [0.2, 0.25) is 0 Å². The number of aliphatic hydroxyl groups is 1. The zero-order chi connectivity index (χ0) is 27.9. The molecule has 6 heterocycles. The molecule has 0 amide bonds. The quantitative estimate of drug-likeness (QED) is 0.369. The standard InChI is InChI=1S/C31H36FN7O2/c1-17-9-23-21(13-34-37-23)25(18(17)2)28-26(32)27-22(12-33-28)29(38-14-19-10-20(15-38)24(40)11-19)36-30(35-27)41-16-31-5-3-7-39(31)8-4-6-31/h9,12-13,19-20,24,40H,3-8,10-11,14-16H2,1-2H3,(H,34,37). The van der Waals surface area contributed by atoms with Crippen LogP contribution in [0.25, 0.3) is 33.1 Å². The molecule has 9 nitrogen and oxygen atoms in total. The fourth-order valence-electron chi connectivity index (χ4n) is 8.20. The third-order valence-corrected chi connectivity index (χ3v) is 10.4. The summed E-state index contributed by atoms with van der Waals surface area (Å²) in [5, 5.41) is 19.2. The Kier molecular flexibility index (Phi) is 5.76. The Labute approximate surface area is 238 Å². The summed E-state index contributed by atoms with van der Waals surface area (Å²) in [5.41, 5.74) is 4.06. The van der Waals surface area contributed by atoms with Crippen molar-refractivity contribution in [3.63, 3.8) is 0 Å². The van der Waals surface area contributed by atoms with Crippen molar-refractivity contribution in [3.05, 3.63) is 35.4 Å². The van der Waals surface area contributed by atoms with Crippen molar-refractivity contribution in [1.29, 1.82) is 0 Å². The summed E-state index contributed by atoms with van der Waals surface area (Å²) in [5.74, 6) is 0.750. The van der Waals surface area contributed by atoms with Gasteiger partial charge in [-0.15, -0.1) is 0 Å². The lowest BCUT2D eigenvalue weighted by molar-refractivity contribution is 0.108. The molecule has 1 saturated carbocycles. The predicted molar refractivity (Wildman–Crippen MR) is 155 cm³/mol. The number of nitrogens with one attached hydrogen (secondary N) is 1. The Morgan fingerprint density at radius 3 is 2.73 bits per heavy atom. The maximum Gasteiger partial charge on any atom is 0.319 e. The molecule has 2 bridgehead atoms. The van der Waals surface area contributed by atoms with Crippen LogP contribution in [-0.4, -0.2) is 79.6 Å². The molecule has 0 spiro atoms. The summed E-state index contributed by atoms with van der Waals surface area (Å²) in [7, 11) is 0. The maximum absolute atomic E-state index is 16.7. The van der Waals surface area contributed by atoms with E-state index in [0.29, 0.717) is 30.3 Å². The minimum absolute atomic E-state index is 0.0281. The van der Waals surface area contributed by atoms with Gasteiger partial charge in [0.05, 0.1) is 28.7 Å². The number of piperidine rings is 1. The Bertz CT molecular complexity index is 1660. The number of hydrogen-bond donors (Lipinski definition) is 2. The Balaban J connectivity index is 1.26. The lowest BCUT2D eigenvalue weighted by Gasteiger charge is -2.34. The third kappa shape index (κ3) is 3.94. The molecule has 4 aliphatic rings. The van der Waals surface area contributed by atoms with Gasteiger partial charge < -0.3 is 14.7 Å². The van der Waals surface area contributed by atoms with E-state index in [1.165, 1.54) is 12.8 Å². The molecule has 4 aromatic rings.